The molecular weight excluding hydrogens is 351 g/mol. The number of nitrogens with one attached hydrogen (secondary N) is 1. The Bertz CT molecular complexity index is 629. The summed E-state index contributed by atoms with van der Waals surface area (Å²) < 4.78 is 47.5. The minimum Gasteiger partial charge on any atom is -0.400 e. The SMILES string of the molecule is O=C(Oc1ncc(Cl)cc1[C@@H]1CN2CCNC[C@H]2CO1)C(F)(F)F. The van der Waals surface area contributed by atoms with Crippen molar-refractivity contribution in [1.82, 2.24) is 15.2 Å². The van der Waals surface area contributed by atoms with Crippen molar-refractivity contribution in [1.29, 1.82) is 0 Å². The lowest BCUT2D eigenvalue weighted by Crippen LogP contribution is -2.57. The van der Waals surface area contributed by atoms with Crippen LogP contribution >= 0.6 is 11.6 Å². The second-order valence-electron chi connectivity index (χ2n) is 5.61. The number of halogens is 4. The summed E-state index contributed by atoms with van der Waals surface area (Å²) in [6, 6.07) is 1.63. The van der Waals surface area contributed by atoms with Crippen LogP contribution in [0, 0.1) is 0 Å². The van der Waals surface area contributed by atoms with Gasteiger partial charge in [-0.15, -0.1) is 0 Å². The number of esters is 1. The molecule has 1 aromatic rings. The highest BCUT2D eigenvalue weighted by atomic mass is 35.5. The molecule has 2 fully saturated rings. The lowest BCUT2D eigenvalue weighted by atomic mass is 10.1. The summed E-state index contributed by atoms with van der Waals surface area (Å²) in [5, 5.41) is 3.48. The second-order valence-corrected chi connectivity index (χ2v) is 6.05. The Labute approximate surface area is 140 Å². The molecule has 3 heterocycles. The Hall–Kier alpha value is -1.42. The van der Waals surface area contributed by atoms with Crippen LogP contribution in [0.15, 0.2) is 12.3 Å². The van der Waals surface area contributed by atoms with Crippen LogP contribution < -0.4 is 10.1 Å². The lowest BCUT2D eigenvalue weighted by molar-refractivity contribution is -0.190. The van der Waals surface area contributed by atoms with Crippen molar-refractivity contribution in [2.24, 2.45) is 0 Å². The normalized spacial score (nSPS) is 25.2. The average Bonchev–Trinajstić information content (AvgIpc) is 2.55. The fourth-order valence-electron chi connectivity index (χ4n) is 2.79. The van der Waals surface area contributed by atoms with E-state index < -0.39 is 24.1 Å². The Morgan fingerprint density at radius 3 is 3.04 bits per heavy atom. The topological polar surface area (TPSA) is 63.7 Å². The van der Waals surface area contributed by atoms with Crippen molar-refractivity contribution in [3.05, 3.63) is 22.8 Å². The third-order valence-electron chi connectivity index (χ3n) is 3.98. The van der Waals surface area contributed by atoms with Crippen LogP contribution in [0.25, 0.3) is 0 Å². The van der Waals surface area contributed by atoms with E-state index in [1.807, 2.05) is 0 Å². The number of morpholine rings is 1. The van der Waals surface area contributed by atoms with Gasteiger partial charge in [-0.05, 0) is 6.07 Å². The molecule has 6 nitrogen and oxygen atoms in total. The monoisotopic (exact) mass is 365 g/mol. The molecule has 24 heavy (non-hydrogen) atoms. The zero-order valence-electron chi connectivity index (χ0n) is 12.5. The molecule has 0 spiro atoms. The van der Waals surface area contributed by atoms with E-state index in [1.54, 1.807) is 0 Å². The number of piperazine rings is 1. The molecule has 0 aromatic carbocycles. The van der Waals surface area contributed by atoms with E-state index in [4.69, 9.17) is 16.3 Å². The van der Waals surface area contributed by atoms with Gasteiger partial charge in [-0.1, -0.05) is 11.6 Å². The quantitative estimate of drug-likeness (QED) is 0.802. The standard InChI is InChI=1S/C14H15ClF3N3O3/c15-8-3-10(12(20-4-8)24-13(22)14(16,17)18)11-6-21-2-1-19-5-9(21)7-23-11/h3-4,9,11,19H,1-2,5-7H2/t9-,11-/m0/s1. The number of hydrogen-bond donors (Lipinski definition) is 1. The van der Waals surface area contributed by atoms with Crippen LogP contribution in [0.5, 0.6) is 5.88 Å². The smallest absolute Gasteiger partial charge is 0.400 e. The highest BCUT2D eigenvalue weighted by Crippen LogP contribution is 2.33. The number of hydrogen-bond acceptors (Lipinski definition) is 6. The number of pyridine rings is 1. The van der Waals surface area contributed by atoms with Gasteiger partial charge in [-0.25, -0.2) is 9.78 Å². The number of carbonyl (C=O) groups excluding carboxylic acids is 1. The Kier molecular flexibility index (Phi) is 4.95. The maximum Gasteiger partial charge on any atom is 0.491 e. The number of aromatic nitrogens is 1. The van der Waals surface area contributed by atoms with Gasteiger partial charge in [0.05, 0.1) is 11.6 Å². The average molecular weight is 366 g/mol. The first-order chi connectivity index (χ1) is 11.3. The first kappa shape index (κ1) is 17.4. The fourth-order valence-corrected chi connectivity index (χ4v) is 2.96. The Morgan fingerprint density at radius 2 is 2.29 bits per heavy atom. The van der Waals surface area contributed by atoms with Crippen LogP contribution in [0.3, 0.4) is 0 Å². The number of ether oxygens (including phenoxy) is 2. The Morgan fingerprint density at radius 1 is 1.50 bits per heavy atom. The largest absolute Gasteiger partial charge is 0.491 e. The third kappa shape index (κ3) is 3.80. The van der Waals surface area contributed by atoms with Crippen LogP contribution in [0.2, 0.25) is 5.02 Å². The number of carbonyl (C=O) groups is 1. The highest BCUT2D eigenvalue weighted by Gasteiger charge is 2.42. The minimum absolute atomic E-state index is 0.211. The molecule has 1 aromatic heterocycles. The summed E-state index contributed by atoms with van der Waals surface area (Å²) in [6.07, 6.45) is -4.54. The predicted molar refractivity (Wildman–Crippen MR) is 77.9 cm³/mol. The molecule has 0 bridgehead atoms. The zero-order chi connectivity index (χ0) is 17.3. The summed E-state index contributed by atoms with van der Waals surface area (Å²) in [5.74, 6) is -2.75. The van der Waals surface area contributed by atoms with Gasteiger partial charge in [0, 0.05) is 44.0 Å². The maximum atomic E-state index is 12.4. The predicted octanol–water partition coefficient (Wildman–Crippen LogP) is 1.55. The van der Waals surface area contributed by atoms with Crippen molar-refractivity contribution in [3.63, 3.8) is 0 Å². The van der Waals surface area contributed by atoms with Gasteiger partial charge >= 0.3 is 12.1 Å². The van der Waals surface area contributed by atoms with Gasteiger partial charge in [0.2, 0.25) is 5.88 Å². The molecule has 0 radical (unpaired) electrons. The van der Waals surface area contributed by atoms with Crippen molar-refractivity contribution >= 4 is 17.6 Å². The Balaban J connectivity index is 1.81. The minimum atomic E-state index is -5.10. The van der Waals surface area contributed by atoms with Gasteiger partial charge in [-0.2, -0.15) is 13.2 Å². The van der Waals surface area contributed by atoms with Gasteiger partial charge in [0.15, 0.2) is 0 Å². The number of alkyl halides is 3. The van der Waals surface area contributed by atoms with Crippen molar-refractivity contribution in [3.8, 4) is 5.88 Å². The van der Waals surface area contributed by atoms with E-state index in [9.17, 15) is 18.0 Å². The van der Waals surface area contributed by atoms with Gasteiger partial charge in [0.1, 0.15) is 6.10 Å². The highest BCUT2D eigenvalue weighted by molar-refractivity contribution is 6.30. The van der Waals surface area contributed by atoms with Crippen molar-refractivity contribution in [2.45, 2.75) is 18.3 Å². The van der Waals surface area contributed by atoms with E-state index in [1.165, 1.54) is 6.07 Å². The molecule has 1 N–H and O–H groups in total. The third-order valence-corrected chi connectivity index (χ3v) is 4.18. The molecule has 2 aliphatic heterocycles. The molecule has 0 unspecified atom stereocenters. The summed E-state index contributed by atoms with van der Waals surface area (Å²) >= 11 is 5.90. The molecule has 2 aliphatic rings. The fraction of sp³-hybridized carbons (Fsp3) is 0.571. The number of rotatable bonds is 2. The van der Waals surface area contributed by atoms with Crippen LogP contribution in [0.1, 0.15) is 11.7 Å². The van der Waals surface area contributed by atoms with Crippen LogP contribution in [-0.4, -0.2) is 60.9 Å². The van der Waals surface area contributed by atoms with E-state index >= 15 is 0 Å². The van der Waals surface area contributed by atoms with Gasteiger partial charge in [0.25, 0.3) is 0 Å². The summed E-state index contributed by atoms with van der Waals surface area (Å²) in [5.41, 5.74) is 0.233. The van der Waals surface area contributed by atoms with Gasteiger partial charge < -0.3 is 14.8 Å². The van der Waals surface area contributed by atoms with Crippen molar-refractivity contribution in [2.75, 3.05) is 32.8 Å². The molecule has 3 rings (SSSR count). The molecule has 2 saturated heterocycles. The summed E-state index contributed by atoms with van der Waals surface area (Å²) in [6.45, 7) is 3.29. The van der Waals surface area contributed by atoms with Gasteiger partial charge in [-0.3, -0.25) is 4.90 Å². The lowest BCUT2D eigenvalue weighted by Gasteiger charge is -2.42. The van der Waals surface area contributed by atoms with E-state index in [-0.39, 0.29) is 16.6 Å². The molecular formula is C14H15ClF3N3O3. The molecule has 132 valence electrons. The molecule has 2 atom stereocenters. The van der Waals surface area contributed by atoms with Crippen molar-refractivity contribution < 1.29 is 27.4 Å². The van der Waals surface area contributed by atoms with Crippen LogP contribution in [-0.2, 0) is 9.53 Å². The van der Waals surface area contributed by atoms with Crippen LogP contribution in [0.4, 0.5) is 13.2 Å². The first-order valence-electron chi connectivity index (χ1n) is 7.35. The van der Waals surface area contributed by atoms with E-state index in [2.05, 4.69) is 19.9 Å². The molecule has 0 amide bonds. The number of nitrogens with zero attached hydrogens (tertiary/aromatic N) is 2. The first-order valence-corrected chi connectivity index (χ1v) is 7.73. The number of fused-ring (bicyclic) bond motifs is 1. The zero-order valence-corrected chi connectivity index (χ0v) is 13.2. The maximum absolute atomic E-state index is 12.4. The summed E-state index contributed by atoms with van der Waals surface area (Å²) in [4.78, 5) is 17.0. The van der Waals surface area contributed by atoms with E-state index in [0.29, 0.717) is 13.2 Å². The second kappa shape index (κ2) is 6.83. The molecule has 10 heteroatoms. The molecule has 0 saturated carbocycles. The molecule has 0 aliphatic carbocycles. The van der Waals surface area contributed by atoms with E-state index in [0.717, 1.165) is 25.8 Å². The summed E-state index contributed by atoms with van der Waals surface area (Å²) in [7, 11) is 0.